The van der Waals surface area contributed by atoms with Gasteiger partial charge in [0.25, 0.3) is 0 Å². The normalized spacial score (nSPS) is 13.9. The summed E-state index contributed by atoms with van der Waals surface area (Å²) in [5, 5.41) is 2.99. The van der Waals surface area contributed by atoms with Gasteiger partial charge in [0, 0.05) is 38.8 Å². The number of carbonyl (C=O) groups is 1. The van der Waals surface area contributed by atoms with Gasteiger partial charge in [0.05, 0.1) is 20.3 Å². The van der Waals surface area contributed by atoms with Crippen LogP contribution in [0.15, 0.2) is 84.9 Å². The average molecular weight is 573 g/mol. The second-order valence-electron chi connectivity index (χ2n) is 9.19. The van der Waals surface area contributed by atoms with E-state index in [0.29, 0.717) is 18.0 Å². The monoisotopic (exact) mass is 571 g/mol. The fourth-order valence-corrected chi connectivity index (χ4v) is 4.83. The van der Waals surface area contributed by atoms with E-state index in [1.165, 1.54) is 11.1 Å². The van der Waals surface area contributed by atoms with Crippen molar-refractivity contribution in [2.45, 2.75) is 12.5 Å². The highest BCUT2D eigenvalue weighted by atomic mass is 35.5. The van der Waals surface area contributed by atoms with E-state index in [9.17, 15) is 4.79 Å². The molecular formula is C31H39Cl2N3O3. The number of ether oxygens (including phenoxy) is 2. The minimum absolute atomic E-state index is 0. The third-order valence-electron chi connectivity index (χ3n) is 6.79. The summed E-state index contributed by atoms with van der Waals surface area (Å²) in [5.41, 5.74) is 3.56. The molecule has 1 N–H and O–H groups in total. The Morgan fingerprint density at radius 3 is 2.00 bits per heavy atom. The molecule has 0 aromatic heterocycles. The largest absolute Gasteiger partial charge is 0.493 e. The predicted octanol–water partition coefficient (Wildman–Crippen LogP) is 5.47. The second kappa shape index (κ2) is 16.8. The van der Waals surface area contributed by atoms with Gasteiger partial charge in [0.1, 0.15) is 0 Å². The maximum atomic E-state index is 12.3. The van der Waals surface area contributed by atoms with Gasteiger partial charge < -0.3 is 19.7 Å². The molecular weight excluding hydrogens is 533 g/mol. The van der Waals surface area contributed by atoms with Crippen LogP contribution in [0.25, 0.3) is 6.08 Å². The Hall–Kier alpha value is -3.03. The van der Waals surface area contributed by atoms with E-state index >= 15 is 0 Å². The maximum absolute atomic E-state index is 12.3. The number of hydrogen-bond donors (Lipinski definition) is 1. The molecule has 0 atom stereocenters. The summed E-state index contributed by atoms with van der Waals surface area (Å²) in [5.74, 6) is 1.22. The fourth-order valence-electron chi connectivity index (χ4n) is 4.83. The van der Waals surface area contributed by atoms with Crippen molar-refractivity contribution in [2.75, 3.05) is 53.5 Å². The summed E-state index contributed by atoms with van der Waals surface area (Å²) in [6.45, 7) is 5.75. The molecule has 0 unspecified atom stereocenters. The van der Waals surface area contributed by atoms with Gasteiger partial charge in [-0.15, -0.1) is 24.8 Å². The Labute approximate surface area is 244 Å². The van der Waals surface area contributed by atoms with Crippen LogP contribution in [-0.2, 0) is 4.79 Å². The molecule has 0 spiro atoms. The summed E-state index contributed by atoms with van der Waals surface area (Å²) in [4.78, 5) is 17.3. The number of benzene rings is 3. The van der Waals surface area contributed by atoms with E-state index in [1.54, 1.807) is 26.4 Å². The Morgan fingerprint density at radius 1 is 0.846 bits per heavy atom. The molecule has 1 heterocycles. The number of hydrogen-bond acceptors (Lipinski definition) is 5. The highest BCUT2D eigenvalue weighted by Crippen LogP contribution is 2.30. The zero-order valence-corrected chi connectivity index (χ0v) is 24.3. The van der Waals surface area contributed by atoms with Gasteiger partial charge in [-0.1, -0.05) is 66.7 Å². The summed E-state index contributed by atoms with van der Waals surface area (Å²) < 4.78 is 10.6. The highest BCUT2D eigenvalue weighted by molar-refractivity contribution is 5.91. The van der Waals surface area contributed by atoms with Crippen LogP contribution in [0, 0.1) is 0 Å². The molecule has 6 nitrogen and oxygen atoms in total. The number of nitrogens with one attached hydrogen (secondary N) is 1. The topological polar surface area (TPSA) is 54.0 Å². The summed E-state index contributed by atoms with van der Waals surface area (Å²) in [6, 6.07) is 27.4. The number of rotatable bonds is 11. The van der Waals surface area contributed by atoms with E-state index in [2.05, 4.69) is 75.8 Å². The molecule has 39 heavy (non-hydrogen) atoms. The first kappa shape index (κ1) is 32.2. The first-order chi connectivity index (χ1) is 18.2. The number of methoxy groups -OCH3 is 2. The van der Waals surface area contributed by atoms with Crippen LogP contribution in [0.5, 0.6) is 11.5 Å². The predicted molar refractivity (Wildman–Crippen MR) is 163 cm³/mol. The van der Waals surface area contributed by atoms with Crippen molar-refractivity contribution < 1.29 is 14.3 Å². The standard InChI is InChI=1S/C31H37N3O3.2ClH/c1-36-28-16-14-25(24-29(28)37-2)15-17-30(35)32-18-9-19-33-20-22-34(23-21-33)31(26-10-5-3-6-11-26)27-12-7-4-8-13-27;;/h3-8,10-17,24,31H,9,18-23H2,1-2H3,(H,32,35);2*1H. The van der Waals surface area contributed by atoms with Gasteiger partial charge in [-0.2, -0.15) is 0 Å². The zero-order chi connectivity index (χ0) is 25.9. The molecule has 1 amide bonds. The number of piperazine rings is 1. The molecule has 1 aliphatic heterocycles. The maximum Gasteiger partial charge on any atom is 0.243 e. The molecule has 210 valence electrons. The van der Waals surface area contributed by atoms with Gasteiger partial charge in [0.15, 0.2) is 11.5 Å². The number of amides is 1. The van der Waals surface area contributed by atoms with Gasteiger partial charge in [0.2, 0.25) is 5.91 Å². The quantitative estimate of drug-likeness (QED) is 0.244. The van der Waals surface area contributed by atoms with Gasteiger partial charge in [-0.25, -0.2) is 0 Å². The van der Waals surface area contributed by atoms with E-state index in [-0.39, 0.29) is 36.8 Å². The van der Waals surface area contributed by atoms with E-state index in [0.717, 1.165) is 44.7 Å². The number of halogens is 2. The van der Waals surface area contributed by atoms with Crippen LogP contribution in [0.3, 0.4) is 0 Å². The van der Waals surface area contributed by atoms with Crippen molar-refractivity contribution >= 4 is 36.8 Å². The third kappa shape index (κ3) is 9.29. The van der Waals surface area contributed by atoms with Crippen molar-refractivity contribution in [2.24, 2.45) is 0 Å². The second-order valence-corrected chi connectivity index (χ2v) is 9.19. The summed E-state index contributed by atoms with van der Waals surface area (Å²) >= 11 is 0. The zero-order valence-electron chi connectivity index (χ0n) is 22.6. The third-order valence-corrected chi connectivity index (χ3v) is 6.79. The molecule has 4 rings (SSSR count). The number of nitrogens with zero attached hydrogens (tertiary/aromatic N) is 2. The van der Waals surface area contributed by atoms with Crippen molar-refractivity contribution in [3.05, 3.63) is 102 Å². The smallest absolute Gasteiger partial charge is 0.243 e. The Bertz CT molecular complexity index is 1110. The van der Waals surface area contributed by atoms with Crippen LogP contribution in [0.2, 0.25) is 0 Å². The Kier molecular flexibility index (Phi) is 13.9. The molecule has 0 aliphatic carbocycles. The van der Waals surface area contributed by atoms with Crippen LogP contribution < -0.4 is 14.8 Å². The summed E-state index contributed by atoms with van der Waals surface area (Å²) in [7, 11) is 3.20. The minimum atomic E-state index is -0.0897. The lowest BCUT2D eigenvalue weighted by Crippen LogP contribution is -2.48. The SMILES string of the molecule is COc1ccc(C=CC(=O)NCCCN2CCN(C(c3ccccc3)c3ccccc3)CC2)cc1OC.Cl.Cl. The molecule has 0 radical (unpaired) electrons. The fraction of sp³-hybridized carbons (Fsp3) is 0.323. The lowest BCUT2D eigenvalue weighted by Gasteiger charge is -2.39. The van der Waals surface area contributed by atoms with Gasteiger partial charge in [-0.05, 0) is 47.9 Å². The average Bonchev–Trinajstić information content (AvgIpc) is 2.96. The van der Waals surface area contributed by atoms with E-state index in [4.69, 9.17) is 9.47 Å². The van der Waals surface area contributed by atoms with Crippen LogP contribution in [-0.4, -0.2) is 69.2 Å². The molecule has 1 fully saturated rings. The lowest BCUT2D eigenvalue weighted by molar-refractivity contribution is -0.116. The van der Waals surface area contributed by atoms with E-state index in [1.807, 2.05) is 18.2 Å². The van der Waals surface area contributed by atoms with Crippen LogP contribution in [0.4, 0.5) is 0 Å². The Balaban J connectivity index is 0.00000267. The molecule has 3 aromatic carbocycles. The van der Waals surface area contributed by atoms with Crippen molar-refractivity contribution in [1.82, 2.24) is 15.1 Å². The van der Waals surface area contributed by atoms with Gasteiger partial charge >= 0.3 is 0 Å². The molecule has 3 aromatic rings. The van der Waals surface area contributed by atoms with Crippen molar-refractivity contribution in [3.8, 4) is 11.5 Å². The van der Waals surface area contributed by atoms with Crippen LogP contribution in [0.1, 0.15) is 29.2 Å². The number of carbonyl (C=O) groups excluding carboxylic acids is 1. The molecule has 0 saturated carbocycles. The first-order valence-electron chi connectivity index (χ1n) is 12.9. The molecule has 1 aliphatic rings. The van der Waals surface area contributed by atoms with Crippen molar-refractivity contribution in [1.29, 1.82) is 0 Å². The first-order valence-corrected chi connectivity index (χ1v) is 12.9. The highest BCUT2D eigenvalue weighted by Gasteiger charge is 2.26. The van der Waals surface area contributed by atoms with Crippen molar-refractivity contribution in [3.63, 3.8) is 0 Å². The molecule has 0 bridgehead atoms. The summed E-state index contributed by atoms with van der Waals surface area (Å²) in [6.07, 6.45) is 4.27. The van der Waals surface area contributed by atoms with Gasteiger partial charge in [-0.3, -0.25) is 9.69 Å². The lowest BCUT2D eigenvalue weighted by atomic mass is 9.96. The Morgan fingerprint density at radius 2 is 1.44 bits per heavy atom. The van der Waals surface area contributed by atoms with E-state index < -0.39 is 0 Å². The minimum Gasteiger partial charge on any atom is -0.493 e. The molecule has 1 saturated heterocycles. The van der Waals surface area contributed by atoms with Crippen LogP contribution >= 0.6 is 24.8 Å². The molecule has 8 heteroatoms.